The van der Waals surface area contributed by atoms with Crippen molar-refractivity contribution in [1.29, 1.82) is 0 Å². The number of rotatable bonds is 10. The number of nitrogens with zero attached hydrogens (tertiary/aromatic N) is 2. The highest BCUT2D eigenvalue weighted by molar-refractivity contribution is 5.91. The van der Waals surface area contributed by atoms with Gasteiger partial charge in [0.1, 0.15) is 6.04 Å². The molecule has 7 heteroatoms. The average Bonchev–Trinajstić information content (AvgIpc) is 3.34. The van der Waals surface area contributed by atoms with Gasteiger partial charge < -0.3 is 15.0 Å². The number of hydrogen-bond acceptors (Lipinski definition) is 5. The molecule has 0 aromatic rings. The lowest BCUT2D eigenvalue weighted by Crippen LogP contribution is -2.59. The van der Waals surface area contributed by atoms with E-state index in [0.29, 0.717) is 18.2 Å². The van der Waals surface area contributed by atoms with Gasteiger partial charge in [0.25, 0.3) is 0 Å². The molecule has 1 saturated heterocycles. The fraction of sp³-hybridized carbons (Fsp3) is 0.815. The molecule has 0 bridgehead atoms. The average molecular weight is 478 g/mol. The van der Waals surface area contributed by atoms with Crippen molar-refractivity contribution < 1.29 is 19.1 Å². The summed E-state index contributed by atoms with van der Waals surface area (Å²) in [6, 6.07) is -0.684. The third-order valence-electron chi connectivity index (χ3n) is 7.44. The molecule has 0 aromatic carbocycles. The van der Waals surface area contributed by atoms with Gasteiger partial charge in [-0.05, 0) is 71.8 Å². The van der Waals surface area contributed by atoms with Gasteiger partial charge in [-0.15, -0.1) is 0 Å². The molecule has 194 valence electrons. The molecule has 1 heterocycles. The molecule has 34 heavy (non-hydrogen) atoms. The first-order valence-electron chi connectivity index (χ1n) is 13.3. The van der Waals surface area contributed by atoms with E-state index in [0.717, 1.165) is 51.5 Å². The second kappa shape index (κ2) is 13.3. The van der Waals surface area contributed by atoms with Crippen LogP contribution in [-0.2, 0) is 19.1 Å². The molecule has 1 saturated carbocycles. The maximum absolute atomic E-state index is 13.8. The Kier molecular flexibility index (Phi) is 11.1. The van der Waals surface area contributed by atoms with Crippen LogP contribution in [0, 0.1) is 11.8 Å². The first-order valence-corrected chi connectivity index (χ1v) is 13.3. The summed E-state index contributed by atoms with van der Waals surface area (Å²) in [4.78, 5) is 43.5. The predicted octanol–water partition coefficient (Wildman–Crippen LogP) is 3.92. The maximum atomic E-state index is 13.8. The first-order chi connectivity index (χ1) is 16.1. The topological polar surface area (TPSA) is 79.0 Å². The molecule has 0 radical (unpaired) electrons. The van der Waals surface area contributed by atoms with Crippen LogP contribution in [0.1, 0.15) is 86.5 Å². The fourth-order valence-electron chi connectivity index (χ4n) is 5.46. The monoisotopic (exact) mass is 477 g/mol. The zero-order valence-electron chi connectivity index (χ0n) is 22.4. The minimum atomic E-state index is -0.534. The Balaban J connectivity index is 2.25. The number of likely N-dealkylation sites (N-methyl/N-ethyl adjacent to an activating group) is 1. The van der Waals surface area contributed by atoms with Gasteiger partial charge in [0.05, 0.1) is 18.7 Å². The van der Waals surface area contributed by atoms with Gasteiger partial charge in [0.15, 0.2) is 0 Å². The summed E-state index contributed by atoms with van der Waals surface area (Å²) >= 11 is 0. The Hall–Kier alpha value is -1.89. The summed E-state index contributed by atoms with van der Waals surface area (Å²) in [6.45, 7) is 13.1. The maximum Gasteiger partial charge on any atom is 0.333 e. The third-order valence-corrected chi connectivity index (χ3v) is 7.44. The van der Waals surface area contributed by atoms with Gasteiger partial charge in [-0.1, -0.05) is 39.2 Å². The van der Waals surface area contributed by atoms with E-state index in [4.69, 9.17) is 4.74 Å². The van der Waals surface area contributed by atoms with E-state index in [2.05, 4.69) is 24.1 Å². The molecule has 2 aliphatic rings. The number of carbonyl (C=O) groups is 3. The van der Waals surface area contributed by atoms with E-state index >= 15 is 0 Å². The third kappa shape index (κ3) is 7.30. The lowest BCUT2D eigenvalue weighted by molar-refractivity contribution is -0.141. The van der Waals surface area contributed by atoms with Crippen LogP contribution in [0.3, 0.4) is 0 Å². The number of hydrogen-bond donors (Lipinski definition) is 1. The predicted molar refractivity (Wildman–Crippen MR) is 135 cm³/mol. The molecule has 2 amide bonds. The Bertz CT molecular complexity index is 727. The molecular weight excluding hydrogens is 430 g/mol. The summed E-state index contributed by atoms with van der Waals surface area (Å²) < 4.78 is 5.13. The molecule has 0 spiro atoms. The van der Waals surface area contributed by atoms with E-state index in [1.807, 2.05) is 19.9 Å². The number of ether oxygens (including phenoxy) is 1. The van der Waals surface area contributed by atoms with Crippen molar-refractivity contribution in [1.82, 2.24) is 15.1 Å². The van der Waals surface area contributed by atoms with Gasteiger partial charge in [0, 0.05) is 18.7 Å². The van der Waals surface area contributed by atoms with Crippen LogP contribution in [0.5, 0.6) is 0 Å². The minimum absolute atomic E-state index is 0.0219. The van der Waals surface area contributed by atoms with Crippen molar-refractivity contribution in [3.05, 3.63) is 11.6 Å². The van der Waals surface area contributed by atoms with E-state index in [-0.39, 0.29) is 41.7 Å². The first kappa shape index (κ1) is 28.3. The summed E-state index contributed by atoms with van der Waals surface area (Å²) in [5.41, 5.74) is 0.497. The van der Waals surface area contributed by atoms with Crippen LogP contribution in [0.15, 0.2) is 11.6 Å². The second-order valence-corrected chi connectivity index (χ2v) is 10.6. The van der Waals surface area contributed by atoms with Crippen molar-refractivity contribution in [3.8, 4) is 0 Å². The van der Waals surface area contributed by atoms with E-state index < -0.39 is 6.04 Å². The Labute approximate surface area is 206 Å². The van der Waals surface area contributed by atoms with Crippen LogP contribution in [0.4, 0.5) is 0 Å². The summed E-state index contributed by atoms with van der Waals surface area (Å²) in [6.07, 6.45) is 8.89. The molecule has 2 rings (SSSR count). The van der Waals surface area contributed by atoms with Crippen molar-refractivity contribution in [3.63, 3.8) is 0 Å². The summed E-state index contributed by atoms with van der Waals surface area (Å²) in [5.74, 6) is -0.197. The minimum Gasteiger partial charge on any atom is -0.463 e. The zero-order valence-corrected chi connectivity index (χ0v) is 22.4. The molecule has 3 atom stereocenters. The van der Waals surface area contributed by atoms with Gasteiger partial charge in [-0.3, -0.25) is 14.5 Å². The largest absolute Gasteiger partial charge is 0.463 e. The number of carbonyl (C=O) groups excluding carboxylic acids is 3. The van der Waals surface area contributed by atoms with Gasteiger partial charge in [-0.2, -0.15) is 0 Å². The van der Waals surface area contributed by atoms with Crippen molar-refractivity contribution in [2.24, 2.45) is 11.8 Å². The highest BCUT2D eigenvalue weighted by Crippen LogP contribution is 2.30. The van der Waals surface area contributed by atoms with E-state index in [1.54, 1.807) is 25.8 Å². The number of likely N-dealkylation sites (tertiary alicyclic amines) is 1. The van der Waals surface area contributed by atoms with Crippen LogP contribution < -0.4 is 5.32 Å². The quantitative estimate of drug-likeness (QED) is 0.381. The normalized spacial score (nSPS) is 22.0. The van der Waals surface area contributed by atoms with Crippen LogP contribution in [0.2, 0.25) is 0 Å². The second-order valence-electron chi connectivity index (χ2n) is 10.6. The number of amides is 2. The smallest absolute Gasteiger partial charge is 0.333 e. The zero-order chi connectivity index (χ0) is 25.4. The van der Waals surface area contributed by atoms with Crippen LogP contribution in [0.25, 0.3) is 0 Å². The molecule has 1 aliphatic carbocycles. The molecule has 1 N–H and O–H groups in total. The van der Waals surface area contributed by atoms with Crippen molar-refractivity contribution >= 4 is 17.8 Å². The number of nitrogens with one attached hydrogen (secondary N) is 1. The van der Waals surface area contributed by atoms with Crippen molar-refractivity contribution in [2.75, 3.05) is 20.2 Å². The summed E-state index contributed by atoms with van der Waals surface area (Å²) in [7, 11) is 1.79. The highest BCUT2D eigenvalue weighted by Gasteiger charge is 2.39. The molecule has 2 fully saturated rings. The lowest BCUT2D eigenvalue weighted by atomic mass is 9.93. The van der Waals surface area contributed by atoms with Gasteiger partial charge in [-0.25, -0.2) is 4.79 Å². The Morgan fingerprint density at radius 3 is 2.24 bits per heavy atom. The highest BCUT2D eigenvalue weighted by atomic mass is 16.5. The molecule has 7 nitrogen and oxygen atoms in total. The van der Waals surface area contributed by atoms with E-state index in [1.165, 1.54) is 0 Å². The molecule has 1 aliphatic heterocycles. The molecular formula is C27H47N3O4. The molecule has 0 aromatic heterocycles. The Morgan fingerprint density at radius 1 is 1.06 bits per heavy atom. The summed E-state index contributed by atoms with van der Waals surface area (Å²) in [5, 5.41) is 3.20. The molecule has 1 unspecified atom stereocenters. The SMILES string of the molecule is CCOC(=O)/C(C)=C/[C@H](C(C)C)N(C)C(=O)[C@H](NC(=O)C1CCCCN1C(C)C)C1CCCC1. The Morgan fingerprint density at radius 2 is 1.68 bits per heavy atom. The van der Waals surface area contributed by atoms with Crippen LogP contribution in [-0.4, -0.2) is 72.0 Å². The van der Waals surface area contributed by atoms with E-state index in [9.17, 15) is 14.4 Å². The fourth-order valence-corrected chi connectivity index (χ4v) is 5.46. The number of piperidine rings is 1. The lowest BCUT2D eigenvalue weighted by Gasteiger charge is -2.39. The standard InChI is InChI=1S/C27H47N3O4/c1-8-34-27(33)20(6)17-23(18(2)3)29(7)26(32)24(21-13-9-10-14-21)28-25(31)22-15-11-12-16-30(22)19(4)5/h17-19,21-24H,8-16H2,1-7H3,(H,28,31)/b20-17+/t22?,23-,24-/m1/s1. The van der Waals surface area contributed by atoms with Gasteiger partial charge in [0.2, 0.25) is 11.8 Å². The number of esters is 1. The van der Waals surface area contributed by atoms with Crippen LogP contribution >= 0.6 is 0 Å². The van der Waals surface area contributed by atoms with Crippen molar-refractivity contribution in [2.45, 2.75) is 111 Å². The van der Waals surface area contributed by atoms with Gasteiger partial charge >= 0.3 is 5.97 Å².